The molecule has 0 fully saturated rings. The molecule has 0 saturated heterocycles. The molecule has 0 aliphatic rings. The minimum Gasteiger partial charge on any atom is -0.481 e. The maximum absolute atomic E-state index is 7.28. The predicted molar refractivity (Wildman–Crippen MR) is 52.5 cm³/mol. The third kappa shape index (κ3) is 2.72. The number of benzene rings is 1. The van der Waals surface area contributed by atoms with E-state index < -0.39 is 0 Å². The second-order valence-electron chi connectivity index (χ2n) is 2.04. The fourth-order valence-corrected chi connectivity index (χ4v) is 0.845. The van der Waals surface area contributed by atoms with Gasteiger partial charge < -0.3 is 4.74 Å². The van der Waals surface area contributed by atoms with Gasteiger partial charge in [-0.25, -0.2) is 0 Å². The van der Waals surface area contributed by atoms with E-state index in [4.69, 9.17) is 21.7 Å². The summed E-state index contributed by atoms with van der Waals surface area (Å²) >= 11 is 5.65. The van der Waals surface area contributed by atoms with Crippen molar-refractivity contribution in [3.8, 4) is 0 Å². The number of hydrogen-bond donors (Lipinski definition) is 1. The van der Waals surface area contributed by atoms with E-state index in [0.29, 0.717) is 5.02 Å². The van der Waals surface area contributed by atoms with E-state index in [1.54, 1.807) is 24.3 Å². The van der Waals surface area contributed by atoms with Crippen LogP contribution in [-0.4, -0.2) is 13.0 Å². The Labute approximate surface area is 82.4 Å². The van der Waals surface area contributed by atoms with E-state index in [1.165, 1.54) is 7.11 Å². The first-order valence-electron chi connectivity index (χ1n) is 3.12. The highest BCUT2D eigenvalue weighted by molar-refractivity contribution is 6.30. The SMILES string of the molecule is COC(=N)c1ccc(Cl)cc1.Cl. The van der Waals surface area contributed by atoms with Crippen LogP contribution in [0.5, 0.6) is 0 Å². The first kappa shape index (κ1) is 11.3. The van der Waals surface area contributed by atoms with Crippen molar-refractivity contribution >= 4 is 29.9 Å². The summed E-state index contributed by atoms with van der Waals surface area (Å²) in [5.74, 6) is 0.154. The highest BCUT2D eigenvalue weighted by Gasteiger charge is 1.98. The number of rotatable bonds is 1. The minimum absolute atomic E-state index is 0. The average Bonchev–Trinajstić information content (AvgIpc) is 2.05. The molecule has 1 rings (SSSR count). The molecular formula is C8H9Cl2NO. The molecule has 2 nitrogen and oxygen atoms in total. The van der Waals surface area contributed by atoms with Crippen LogP contribution in [0.2, 0.25) is 5.02 Å². The Morgan fingerprint density at radius 1 is 1.33 bits per heavy atom. The second-order valence-corrected chi connectivity index (χ2v) is 2.48. The van der Waals surface area contributed by atoms with Crippen LogP contribution in [0.3, 0.4) is 0 Å². The van der Waals surface area contributed by atoms with Crippen molar-refractivity contribution in [2.45, 2.75) is 0 Å². The summed E-state index contributed by atoms with van der Waals surface area (Å²) < 4.78 is 4.72. The first-order valence-corrected chi connectivity index (χ1v) is 3.50. The Bertz CT molecular complexity index is 258. The van der Waals surface area contributed by atoms with Crippen LogP contribution in [0.4, 0.5) is 0 Å². The van der Waals surface area contributed by atoms with Crippen molar-refractivity contribution < 1.29 is 4.74 Å². The third-order valence-corrected chi connectivity index (χ3v) is 1.56. The molecule has 0 bridgehead atoms. The van der Waals surface area contributed by atoms with Crippen LogP contribution >= 0.6 is 24.0 Å². The topological polar surface area (TPSA) is 33.1 Å². The Hall–Kier alpha value is -0.730. The lowest BCUT2D eigenvalue weighted by Gasteiger charge is -2.00. The van der Waals surface area contributed by atoms with Gasteiger partial charge in [0.15, 0.2) is 0 Å². The molecule has 0 unspecified atom stereocenters. The van der Waals surface area contributed by atoms with Gasteiger partial charge in [0.2, 0.25) is 5.90 Å². The van der Waals surface area contributed by atoms with Gasteiger partial charge in [0.05, 0.1) is 7.11 Å². The monoisotopic (exact) mass is 205 g/mol. The van der Waals surface area contributed by atoms with Crippen LogP contribution < -0.4 is 0 Å². The van der Waals surface area contributed by atoms with E-state index in [1.807, 2.05) is 0 Å². The summed E-state index contributed by atoms with van der Waals surface area (Å²) in [7, 11) is 1.47. The van der Waals surface area contributed by atoms with Gasteiger partial charge in [0.1, 0.15) is 0 Å². The lowest BCUT2D eigenvalue weighted by molar-refractivity contribution is 0.401. The van der Waals surface area contributed by atoms with Crippen molar-refractivity contribution in [2.24, 2.45) is 0 Å². The van der Waals surface area contributed by atoms with Crippen molar-refractivity contribution in [2.75, 3.05) is 7.11 Å². The van der Waals surface area contributed by atoms with Crippen molar-refractivity contribution in [1.82, 2.24) is 0 Å². The average molecular weight is 206 g/mol. The summed E-state index contributed by atoms with van der Waals surface area (Å²) in [5.41, 5.74) is 0.733. The fourth-order valence-electron chi connectivity index (χ4n) is 0.719. The zero-order chi connectivity index (χ0) is 8.27. The zero-order valence-corrected chi connectivity index (χ0v) is 8.08. The lowest BCUT2D eigenvalue weighted by Crippen LogP contribution is -1.99. The molecule has 0 aliphatic heterocycles. The largest absolute Gasteiger partial charge is 0.481 e. The summed E-state index contributed by atoms with van der Waals surface area (Å²) in [6, 6.07) is 6.94. The van der Waals surface area contributed by atoms with Crippen molar-refractivity contribution in [1.29, 1.82) is 5.41 Å². The van der Waals surface area contributed by atoms with E-state index in [-0.39, 0.29) is 18.3 Å². The van der Waals surface area contributed by atoms with Crippen LogP contribution in [0.15, 0.2) is 24.3 Å². The quantitative estimate of drug-likeness (QED) is 0.556. The van der Waals surface area contributed by atoms with E-state index in [2.05, 4.69) is 0 Å². The Morgan fingerprint density at radius 3 is 2.25 bits per heavy atom. The Morgan fingerprint density at radius 2 is 1.83 bits per heavy atom. The molecule has 0 aromatic heterocycles. The molecule has 1 N–H and O–H groups in total. The van der Waals surface area contributed by atoms with Gasteiger partial charge in [-0.2, -0.15) is 0 Å². The van der Waals surface area contributed by atoms with E-state index >= 15 is 0 Å². The van der Waals surface area contributed by atoms with Crippen molar-refractivity contribution in [3.05, 3.63) is 34.9 Å². The highest BCUT2D eigenvalue weighted by atomic mass is 35.5. The number of halogens is 2. The molecule has 0 spiro atoms. The Kier molecular flexibility index (Phi) is 4.71. The molecule has 0 atom stereocenters. The maximum Gasteiger partial charge on any atom is 0.212 e. The molecule has 0 heterocycles. The molecule has 0 saturated carbocycles. The number of methoxy groups -OCH3 is 1. The molecule has 1 aromatic rings. The Balaban J connectivity index is 0.00000121. The first-order chi connectivity index (χ1) is 5.24. The van der Waals surface area contributed by atoms with Gasteiger partial charge >= 0.3 is 0 Å². The second kappa shape index (κ2) is 5.01. The van der Waals surface area contributed by atoms with Gasteiger partial charge in [-0.3, -0.25) is 5.41 Å². The van der Waals surface area contributed by atoms with Gasteiger partial charge in [-0.15, -0.1) is 12.4 Å². The molecule has 1 aromatic carbocycles. The van der Waals surface area contributed by atoms with Crippen molar-refractivity contribution in [3.63, 3.8) is 0 Å². The summed E-state index contributed by atoms with van der Waals surface area (Å²) in [5, 5.41) is 7.95. The molecular weight excluding hydrogens is 197 g/mol. The molecule has 66 valence electrons. The minimum atomic E-state index is 0. The fraction of sp³-hybridized carbons (Fsp3) is 0.125. The van der Waals surface area contributed by atoms with E-state index in [9.17, 15) is 0 Å². The maximum atomic E-state index is 7.28. The zero-order valence-electron chi connectivity index (χ0n) is 6.50. The molecule has 4 heteroatoms. The van der Waals surface area contributed by atoms with Gasteiger partial charge in [-0.1, -0.05) is 11.6 Å². The standard InChI is InChI=1S/C8H8ClNO.ClH/c1-11-8(10)6-2-4-7(9)5-3-6;/h2-5,10H,1H3;1H. The van der Waals surface area contributed by atoms with Crippen LogP contribution in [-0.2, 0) is 4.74 Å². The predicted octanol–water partition coefficient (Wildman–Crippen LogP) is 2.73. The molecule has 0 aliphatic carbocycles. The lowest BCUT2D eigenvalue weighted by atomic mass is 10.2. The normalized spacial score (nSPS) is 8.50. The third-order valence-electron chi connectivity index (χ3n) is 1.31. The van der Waals surface area contributed by atoms with Crippen LogP contribution in [0.1, 0.15) is 5.56 Å². The molecule has 12 heavy (non-hydrogen) atoms. The highest BCUT2D eigenvalue weighted by Crippen LogP contribution is 2.09. The van der Waals surface area contributed by atoms with Crippen LogP contribution in [0.25, 0.3) is 0 Å². The van der Waals surface area contributed by atoms with Gasteiger partial charge in [0.25, 0.3) is 0 Å². The van der Waals surface area contributed by atoms with E-state index in [0.717, 1.165) is 5.56 Å². The summed E-state index contributed by atoms with van der Waals surface area (Å²) in [4.78, 5) is 0. The summed E-state index contributed by atoms with van der Waals surface area (Å²) in [6.45, 7) is 0. The number of ether oxygens (including phenoxy) is 1. The smallest absolute Gasteiger partial charge is 0.212 e. The van der Waals surface area contributed by atoms with Gasteiger partial charge in [0, 0.05) is 10.6 Å². The molecule has 0 amide bonds. The van der Waals surface area contributed by atoms with Gasteiger partial charge in [-0.05, 0) is 24.3 Å². The number of nitrogens with one attached hydrogen (secondary N) is 1. The number of hydrogen-bond acceptors (Lipinski definition) is 2. The molecule has 0 radical (unpaired) electrons. The van der Waals surface area contributed by atoms with Crippen LogP contribution in [0, 0.1) is 5.41 Å². The summed E-state index contributed by atoms with van der Waals surface area (Å²) in [6.07, 6.45) is 0.